The summed E-state index contributed by atoms with van der Waals surface area (Å²) in [6.07, 6.45) is 3.90. The van der Waals surface area contributed by atoms with Crippen LogP contribution < -0.4 is 0 Å². The predicted molar refractivity (Wildman–Crippen MR) is 83.7 cm³/mol. The summed E-state index contributed by atoms with van der Waals surface area (Å²) in [6.45, 7) is 9.14. The lowest BCUT2D eigenvalue weighted by Gasteiger charge is -2.18. The number of aromatic nitrogens is 2. The van der Waals surface area contributed by atoms with E-state index < -0.39 is 0 Å². The van der Waals surface area contributed by atoms with E-state index in [1.54, 1.807) is 0 Å². The van der Waals surface area contributed by atoms with Crippen LogP contribution in [-0.2, 0) is 13.1 Å². The largest absolute Gasteiger partial charge is 0.327 e. The summed E-state index contributed by atoms with van der Waals surface area (Å²) >= 11 is 0. The van der Waals surface area contributed by atoms with Gasteiger partial charge < -0.3 is 4.57 Å². The van der Waals surface area contributed by atoms with Gasteiger partial charge in [0, 0.05) is 6.54 Å². The Balaban J connectivity index is 1.93. The first kappa shape index (κ1) is 13.6. The van der Waals surface area contributed by atoms with Gasteiger partial charge >= 0.3 is 0 Å². The molecule has 1 aromatic carbocycles. The maximum absolute atomic E-state index is 4.88. The Morgan fingerprint density at radius 2 is 1.95 bits per heavy atom. The molecule has 3 rings (SSSR count). The van der Waals surface area contributed by atoms with Gasteiger partial charge in [0.1, 0.15) is 5.82 Å². The molecule has 0 aliphatic carbocycles. The fraction of sp³-hybridized carbons (Fsp3) is 0.588. The molecule has 3 heteroatoms. The van der Waals surface area contributed by atoms with Crippen molar-refractivity contribution >= 4 is 11.0 Å². The molecule has 1 aliphatic heterocycles. The molecule has 1 aliphatic rings. The van der Waals surface area contributed by atoms with Crippen LogP contribution in [0.2, 0.25) is 0 Å². The molecule has 0 radical (unpaired) electrons. The van der Waals surface area contributed by atoms with Gasteiger partial charge in [-0.2, -0.15) is 0 Å². The summed E-state index contributed by atoms with van der Waals surface area (Å²) < 4.78 is 2.45. The molecule has 2 aromatic rings. The van der Waals surface area contributed by atoms with Crippen molar-refractivity contribution in [1.29, 1.82) is 0 Å². The molecule has 108 valence electrons. The van der Waals surface area contributed by atoms with Crippen molar-refractivity contribution in [2.45, 2.75) is 46.2 Å². The number of benzene rings is 1. The van der Waals surface area contributed by atoms with Crippen molar-refractivity contribution in [2.75, 3.05) is 13.1 Å². The maximum Gasteiger partial charge on any atom is 0.124 e. The summed E-state index contributed by atoms with van der Waals surface area (Å²) in [5.74, 6) is 1.94. The van der Waals surface area contributed by atoms with Crippen LogP contribution >= 0.6 is 0 Å². The zero-order valence-corrected chi connectivity index (χ0v) is 12.7. The third kappa shape index (κ3) is 2.73. The van der Waals surface area contributed by atoms with Crippen LogP contribution in [0.5, 0.6) is 0 Å². The molecule has 0 unspecified atom stereocenters. The minimum Gasteiger partial charge on any atom is -0.327 e. The average Bonchev–Trinajstić information content (AvgIpc) is 3.08. The number of nitrogens with zero attached hydrogens (tertiary/aromatic N) is 3. The van der Waals surface area contributed by atoms with E-state index in [4.69, 9.17) is 4.98 Å². The first-order valence-electron chi connectivity index (χ1n) is 7.94. The molecule has 0 N–H and O–H groups in total. The Bertz CT molecular complexity index is 567. The summed E-state index contributed by atoms with van der Waals surface area (Å²) in [4.78, 5) is 7.42. The summed E-state index contributed by atoms with van der Waals surface area (Å²) in [7, 11) is 0. The van der Waals surface area contributed by atoms with E-state index in [1.165, 1.54) is 43.7 Å². The molecule has 1 aromatic heterocycles. The molecule has 1 fully saturated rings. The number of hydrogen-bond donors (Lipinski definition) is 0. The fourth-order valence-electron chi connectivity index (χ4n) is 3.03. The second-order valence-corrected chi connectivity index (χ2v) is 6.12. The third-order valence-electron chi connectivity index (χ3n) is 4.49. The first-order chi connectivity index (χ1) is 9.78. The van der Waals surface area contributed by atoms with Crippen molar-refractivity contribution in [3.05, 3.63) is 30.1 Å². The summed E-state index contributed by atoms with van der Waals surface area (Å²) in [5.41, 5.74) is 2.44. The second kappa shape index (κ2) is 5.96. The molecule has 3 nitrogen and oxygen atoms in total. The second-order valence-electron chi connectivity index (χ2n) is 6.12. The fourth-order valence-corrected chi connectivity index (χ4v) is 3.03. The standard InChI is InChI=1S/C17H25N3/c1-3-14(2)12-20-16-9-5-4-8-15(16)18-17(20)13-19-10-6-7-11-19/h4-5,8-9,14H,3,6-7,10-13H2,1-2H3/t14-/m1/s1. The highest BCUT2D eigenvalue weighted by Gasteiger charge is 2.17. The Labute approximate surface area is 121 Å². The molecular weight excluding hydrogens is 246 g/mol. The molecule has 1 saturated heterocycles. The minimum absolute atomic E-state index is 0.699. The molecule has 2 heterocycles. The van der Waals surface area contributed by atoms with Crippen LogP contribution in [0, 0.1) is 5.92 Å². The van der Waals surface area contributed by atoms with Crippen LogP contribution in [0.1, 0.15) is 38.9 Å². The highest BCUT2D eigenvalue weighted by atomic mass is 15.2. The lowest BCUT2D eigenvalue weighted by atomic mass is 10.1. The molecule has 0 bridgehead atoms. The van der Waals surface area contributed by atoms with Crippen LogP contribution in [0.15, 0.2) is 24.3 Å². The molecule has 0 spiro atoms. The number of hydrogen-bond acceptors (Lipinski definition) is 2. The predicted octanol–water partition coefficient (Wildman–Crippen LogP) is 3.68. The quantitative estimate of drug-likeness (QED) is 0.827. The molecule has 1 atom stereocenters. The Hall–Kier alpha value is -1.35. The van der Waals surface area contributed by atoms with Crippen LogP contribution in [0.25, 0.3) is 11.0 Å². The molecule has 0 amide bonds. The SMILES string of the molecule is CC[C@@H](C)Cn1c(CN2CCCC2)nc2ccccc21. The van der Waals surface area contributed by atoms with E-state index in [0.29, 0.717) is 5.92 Å². The van der Waals surface area contributed by atoms with Gasteiger partial charge in [0.2, 0.25) is 0 Å². The number of para-hydroxylation sites is 2. The Morgan fingerprint density at radius 1 is 1.20 bits per heavy atom. The monoisotopic (exact) mass is 271 g/mol. The smallest absolute Gasteiger partial charge is 0.124 e. The van der Waals surface area contributed by atoms with Crippen LogP contribution in [0.3, 0.4) is 0 Å². The minimum atomic E-state index is 0.699. The van der Waals surface area contributed by atoms with Gasteiger partial charge in [0.15, 0.2) is 0 Å². The summed E-state index contributed by atoms with van der Waals surface area (Å²) in [6, 6.07) is 8.55. The van der Waals surface area contributed by atoms with Crippen molar-refractivity contribution in [3.8, 4) is 0 Å². The number of imidazole rings is 1. The van der Waals surface area contributed by atoms with Crippen molar-refractivity contribution in [1.82, 2.24) is 14.5 Å². The highest BCUT2D eigenvalue weighted by Crippen LogP contribution is 2.21. The normalized spacial score (nSPS) is 17.9. The van der Waals surface area contributed by atoms with E-state index in [0.717, 1.165) is 18.6 Å². The van der Waals surface area contributed by atoms with Crippen molar-refractivity contribution in [3.63, 3.8) is 0 Å². The van der Waals surface area contributed by atoms with E-state index >= 15 is 0 Å². The number of likely N-dealkylation sites (tertiary alicyclic amines) is 1. The maximum atomic E-state index is 4.88. The van der Waals surface area contributed by atoms with Crippen molar-refractivity contribution in [2.24, 2.45) is 5.92 Å². The lowest BCUT2D eigenvalue weighted by Crippen LogP contribution is -2.22. The van der Waals surface area contributed by atoms with E-state index in [1.807, 2.05) is 0 Å². The van der Waals surface area contributed by atoms with E-state index in [9.17, 15) is 0 Å². The molecule has 0 saturated carbocycles. The zero-order valence-electron chi connectivity index (χ0n) is 12.7. The van der Waals surface area contributed by atoms with Crippen LogP contribution in [0.4, 0.5) is 0 Å². The van der Waals surface area contributed by atoms with Gasteiger partial charge in [-0.05, 0) is 44.0 Å². The Morgan fingerprint density at radius 3 is 2.70 bits per heavy atom. The van der Waals surface area contributed by atoms with Gasteiger partial charge in [-0.3, -0.25) is 4.90 Å². The number of rotatable bonds is 5. The Kier molecular flexibility index (Phi) is 4.06. The topological polar surface area (TPSA) is 21.1 Å². The molecular formula is C17H25N3. The van der Waals surface area contributed by atoms with Gasteiger partial charge in [-0.25, -0.2) is 4.98 Å². The highest BCUT2D eigenvalue weighted by molar-refractivity contribution is 5.75. The first-order valence-corrected chi connectivity index (χ1v) is 7.94. The average molecular weight is 271 g/mol. The van der Waals surface area contributed by atoms with Gasteiger partial charge in [-0.15, -0.1) is 0 Å². The summed E-state index contributed by atoms with van der Waals surface area (Å²) in [5, 5.41) is 0. The van der Waals surface area contributed by atoms with E-state index in [2.05, 4.69) is 47.6 Å². The van der Waals surface area contributed by atoms with Gasteiger partial charge in [0.05, 0.1) is 17.6 Å². The lowest BCUT2D eigenvalue weighted by molar-refractivity contribution is 0.313. The van der Waals surface area contributed by atoms with Gasteiger partial charge in [0.25, 0.3) is 0 Å². The van der Waals surface area contributed by atoms with Crippen molar-refractivity contribution < 1.29 is 0 Å². The van der Waals surface area contributed by atoms with Crippen LogP contribution in [-0.4, -0.2) is 27.5 Å². The number of fused-ring (bicyclic) bond motifs is 1. The van der Waals surface area contributed by atoms with E-state index in [-0.39, 0.29) is 0 Å². The zero-order chi connectivity index (χ0) is 13.9. The molecule has 20 heavy (non-hydrogen) atoms. The van der Waals surface area contributed by atoms with Gasteiger partial charge in [-0.1, -0.05) is 32.4 Å². The third-order valence-corrected chi connectivity index (χ3v) is 4.49.